The molecule has 0 fully saturated rings. The molecule has 0 aliphatic rings. The second kappa shape index (κ2) is 9.49. The molecule has 8 nitrogen and oxygen atoms in total. The van der Waals surface area contributed by atoms with Crippen molar-refractivity contribution in [2.45, 2.75) is 23.1 Å². The molecule has 0 radical (unpaired) electrons. The molecule has 0 bridgehead atoms. The summed E-state index contributed by atoms with van der Waals surface area (Å²) in [4.78, 5) is -0.0969. The first-order chi connectivity index (χ1) is 15.2. The molecule has 32 heavy (non-hydrogen) atoms. The highest BCUT2D eigenvalue weighted by atomic mass is 32.2. The Hall–Kier alpha value is -3.24. The van der Waals surface area contributed by atoms with E-state index in [1.54, 1.807) is 36.4 Å². The fourth-order valence-corrected chi connectivity index (χ4v) is 5.13. The Bertz CT molecular complexity index is 1300. The van der Waals surface area contributed by atoms with Crippen LogP contribution in [0.3, 0.4) is 0 Å². The first-order valence-corrected chi connectivity index (χ1v) is 12.6. The largest absolute Gasteiger partial charge is 0.495 e. The van der Waals surface area contributed by atoms with Gasteiger partial charge in [0.05, 0.1) is 35.4 Å². The smallest absolute Gasteiger partial charge is 0.262 e. The van der Waals surface area contributed by atoms with Crippen LogP contribution in [0.2, 0.25) is 0 Å². The molecule has 3 rings (SSSR count). The number of methoxy groups -OCH3 is 2. The summed E-state index contributed by atoms with van der Waals surface area (Å²) in [6, 6.07) is 16.9. The number of sulfonamides is 2. The van der Waals surface area contributed by atoms with Crippen molar-refractivity contribution in [1.29, 1.82) is 0 Å². The van der Waals surface area contributed by atoms with Gasteiger partial charge in [0.1, 0.15) is 11.5 Å². The van der Waals surface area contributed by atoms with E-state index >= 15 is 0 Å². The van der Waals surface area contributed by atoms with E-state index in [-0.39, 0.29) is 26.9 Å². The first kappa shape index (κ1) is 23.4. The molecule has 170 valence electrons. The molecule has 0 aliphatic heterocycles. The molecule has 0 heterocycles. The van der Waals surface area contributed by atoms with Crippen molar-refractivity contribution in [1.82, 2.24) is 0 Å². The van der Waals surface area contributed by atoms with Crippen LogP contribution >= 0.6 is 0 Å². The third-order valence-electron chi connectivity index (χ3n) is 4.72. The minimum Gasteiger partial charge on any atom is -0.495 e. The SMILES string of the molecule is CCc1ccc(S(=O)(=O)Nc2cc(S(=O)(=O)Nc3ccccc3OC)ccc2OC)cc1. The van der Waals surface area contributed by atoms with Crippen molar-refractivity contribution in [3.63, 3.8) is 0 Å². The zero-order valence-corrected chi connectivity index (χ0v) is 19.5. The maximum absolute atomic E-state index is 12.9. The second-order valence-corrected chi connectivity index (χ2v) is 10.1. The monoisotopic (exact) mass is 476 g/mol. The minimum absolute atomic E-state index is 0.00466. The number of hydrogen-bond acceptors (Lipinski definition) is 6. The highest BCUT2D eigenvalue weighted by Gasteiger charge is 2.21. The van der Waals surface area contributed by atoms with E-state index < -0.39 is 20.0 Å². The summed E-state index contributed by atoms with van der Waals surface area (Å²) < 4.78 is 66.9. The van der Waals surface area contributed by atoms with E-state index in [0.29, 0.717) is 5.75 Å². The predicted molar refractivity (Wildman–Crippen MR) is 123 cm³/mol. The fourth-order valence-electron chi connectivity index (χ4n) is 2.97. The number of hydrogen-bond donors (Lipinski definition) is 2. The molecule has 0 atom stereocenters. The lowest BCUT2D eigenvalue weighted by molar-refractivity contribution is 0.416. The maximum Gasteiger partial charge on any atom is 0.262 e. The van der Waals surface area contributed by atoms with Gasteiger partial charge in [0.25, 0.3) is 20.0 Å². The molecule has 10 heteroatoms. The number of nitrogens with one attached hydrogen (secondary N) is 2. The summed E-state index contributed by atoms with van der Waals surface area (Å²) in [7, 11) is -5.21. The molecular formula is C22H24N2O6S2. The molecule has 0 amide bonds. The van der Waals surface area contributed by atoms with Crippen LogP contribution < -0.4 is 18.9 Å². The standard InChI is InChI=1S/C22H24N2O6S2/c1-4-16-9-11-17(12-10-16)31(25,26)24-20-15-18(13-14-22(20)30-3)32(27,28)23-19-7-5-6-8-21(19)29-2/h5-15,23-24H,4H2,1-3H3. The number of para-hydroxylation sites is 2. The Morgan fingerprint density at radius 1 is 0.688 bits per heavy atom. The number of benzene rings is 3. The third kappa shape index (κ3) is 5.14. The molecule has 3 aromatic rings. The molecule has 0 spiro atoms. The number of anilines is 2. The molecule has 0 saturated carbocycles. The van der Waals surface area contributed by atoms with Crippen LogP contribution in [0.1, 0.15) is 12.5 Å². The predicted octanol–water partition coefficient (Wildman–Crippen LogP) is 3.87. The lowest BCUT2D eigenvalue weighted by Gasteiger charge is -2.15. The van der Waals surface area contributed by atoms with Gasteiger partial charge in [-0.25, -0.2) is 16.8 Å². The quantitative estimate of drug-likeness (QED) is 0.485. The van der Waals surface area contributed by atoms with Gasteiger partial charge in [0.2, 0.25) is 0 Å². The summed E-state index contributed by atoms with van der Waals surface area (Å²) >= 11 is 0. The van der Waals surface area contributed by atoms with Crippen LogP contribution in [0.15, 0.2) is 76.5 Å². The normalized spacial score (nSPS) is 11.6. The number of ether oxygens (including phenoxy) is 2. The van der Waals surface area contributed by atoms with Gasteiger partial charge in [-0.05, 0) is 54.4 Å². The van der Waals surface area contributed by atoms with Crippen LogP contribution in [0.5, 0.6) is 11.5 Å². The minimum atomic E-state index is -4.04. The number of rotatable bonds is 9. The molecule has 3 aromatic carbocycles. The second-order valence-electron chi connectivity index (χ2n) is 6.77. The van der Waals surface area contributed by atoms with Gasteiger partial charge in [-0.15, -0.1) is 0 Å². The van der Waals surface area contributed by atoms with E-state index in [1.165, 1.54) is 44.6 Å². The average molecular weight is 477 g/mol. The Kier molecular flexibility index (Phi) is 6.95. The van der Waals surface area contributed by atoms with Crippen LogP contribution in [0.25, 0.3) is 0 Å². The van der Waals surface area contributed by atoms with Crippen molar-refractivity contribution in [2.75, 3.05) is 23.7 Å². The zero-order chi connectivity index (χ0) is 23.4. The van der Waals surface area contributed by atoms with E-state index in [4.69, 9.17) is 9.47 Å². The van der Waals surface area contributed by atoms with E-state index in [2.05, 4.69) is 9.44 Å². The Morgan fingerprint density at radius 2 is 1.22 bits per heavy atom. The lowest BCUT2D eigenvalue weighted by atomic mass is 10.2. The summed E-state index contributed by atoms with van der Waals surface area (Å²) in [5.41, 5.74) is 1.25. The Labute approximate surface area is 188 Å². The van der Waals surface area contributed by atoms with Gasteiger partial charge < -0.3 is 9.47 Å². The summed E-state index contributed by atoms with van der Waals surface area (Å²) in [5.74, 6) is 0.524. The van der Waals surface area contributed by atoms with Crippen molar-refractivity contribution in [3.05, 3.63) is 72.3 Å². The van der Waals surface area contributed by atoms with Gasteiger partial charge in [-0.1, -0.05) is 31.2 Å². The molecule has 0 aliphatic carbocycles. The van der Waals surface area contributed by atoms with E-state index in [1.807, 2.05) is 6.92 Å². The highest BCUT2D eigenvalue weighted by Crippen LogP contribution is 2.32. The molecule has 0 unspecified atom stereocenters. The Morgan fingerprint density at radius 3 is 1.84 bits per heavy atom. The fraction of sp³-hybridized carbons (Fsp3) is 0.182. The summed E-state index contributed by atoms with van der Waals surface area (Å²) in [6.45, 7) is 1.97. The van der Waals surface area contributed by atoms with Crippen LogP contribution in [0, 0.1) is 0 Å². The van der Waals surface area contributed by atoms with Crippen molar-refractivity contribution in [2.24, 2.45) is 0 Å². The van der Waals surface area contributed by atoms with Crippen molar-refractivity contribution >= 4 is 31.4 Å². The van der Waals surface area contributed by atoms with Crippen molar-refractivity contribution in [3.8, 4) is 11.5 Å². The molecular weight excluding hydrogens is 452 g/mol. The molecule has 0 saturated heterocycles. The lowest BCUT2D eigenvalue weighted by Crippen LogP contribution is -2.16. The highest BCUT2D eigenvalue weighted by molar-refractivity contribution is 7.93. The zero-order valence-electron chi connectivity index (χ0n) is 17.8. The molecule has 2 N–H and O–H groups in total. The molecule has 0 aromatic heterocycles. The van der Waals surface area contributed by atoms with Crippen LogP contribution in [-0.4, -0.2) is 31.1 Å². The average Bonchev–Trinajstić information content (AvgIpc) is 2.79. The number of aryl methyl sites for hydroxylation is 1. The first-order valence-electron chi connectivity index (χ1n) is 9.66. The topological polar surface area (TPSA) is 111 Å². The van der Waals surface area contributed by atoms with Gasteiger partial charge >= 0.3 is 0 Å². The summed E-state index contributed by atoms with van der Waals surface area (Å²) in [5, 5.41) is 0. The van der Waals surface area contributed by atoms with Crippen molar-refractivity contribution < 1.29 is 26.3 Å². The van der Waals surface area contributed by atoms with Gasteiger partial charge in [-0.3, -0.25) is 9.44 Å². The van der Waals surface area contributed by atoms with Gasteiger partial charge in [0, 0.05) is 0 Å². The summed E-state index contributed by atoms with van der Waals surface area (Å²) in [6.07, 6.45) is 0.778. The van der Waals surface area contributed by atoms with Gasteiger partial charge in [0.15, 0.2) is 0 Å². The third-order valence-corrected chi connectivity index (χ3v) is 7.46. The maximum atomic E-state index is 12.9. The van der Waals surface area contributed by atoms with Crippen LogP contribution in [-0.2, 0) is 26.5 Å². The Balaban J connectivity index is 1.95. The van der Waals surface area contributed by atoms with Gasteiger partial charge in [-0.2, -0.15) is 0 Å². The van der Waals surface area contributed by atoms with Crippen LogP contribution in [0.4, 0.5) is 11.4 Å². The van der Waals surface area contributed by atoms with E-state index in [0.717, 1.165) is 12.0 Å². The van der Waals surface area contributed by atoms with E-state index in [9.17, 15) is 16.8 Å².